The molecule has 0 radical (unpaired) electrons. The van der Waals surface area contributed by atoms with Crippen molar-refractivity contribution in [3.05, 3.63) is 46.7 Å². The highest BCUT2D eigenvalue weighted by Crippen LogP contribution is 2.47. The van der Waals surface area contributed by atoms with Crippen molar-refractivity contribution in [1.29, 1.82) is 5.26 Å². The Hall–Kier alpha value is -2.49. The third-order valence-corrected chi connectivity index (χ3v) is 4.90. The van der Waals surface area contributed by atoms with Crippen LogP contribution in [-0.2, 0) is 10.3 Å². The number of likely N-dealkylation sites (tertiary alicyclic amines) is 1. The lowest BCUT2D eigenvalue weighted by atomic mass is 9.80. The van der Waals surface area contributed by atoms with Crippen LogP contribution in [-0.4, -0.2) is 30.1 Å². The summed E-state index contributed by atoms with van der Waals surface area (Å²) in [6.45, 7) is 2.91. The normalized spacial score (nSPS) is 24.3. The number of hydrogen-bond donors (Lipinski definition) is 1. The molecule has 0 aromatic heterocycles. The van der Waals surface area contributed by atoms with Crippen LogP contribution in [0.15, 0.2) is 35.5 Å². The van der Waals surface area contributed by atoms with Crippen molar-refractivity contribution in [2.45, 2.75) is 37.9 Å². The maximum atomic E-state index is 14.1. The number of carbonyl (C=O) groups is 1. The molecule has 3 rings (SSSR count). The number of aryl methyl sites for hydroxylation is 1. The molecule has 1 fully saturated rings. The lowest BCUT2D eigenvalue weighted by Crippen LogP contribution is -2.59. The number of nitriles is 1. The van der Waals surface area contributed by atoms with E-state index in [9.17, 15) is 23.2 Å². The molecular formula is C18H18F3N3O. The molecule has 2 heterocycles. The van der Waals surface area contributed by atoms with E-state index in [1.165, 1.54) is 12.1 Å². The van der Waals surface area contributed by atoms with E-state index in [1.807, 2.05) is 0 Å². The highest BCUT2D eigenvalue weighted by atomic mass is 19.4. The van der Waals surface area contributed by atoms with Gasteiger partial charge in [-0.25, -0.2) is 0 Å². The highest BCUT2D eigenvalue weighted by molar-refractivity contribution is 5.99. The van der Waals surface area contributed by atoms with Gasteiger partial charge in [0.25, 0.3) is 5.91 Å². The average Bonchev–Trinajstić information content (AvgIpc) is 3.08. The van der Waals surface area contributed by atoms with Gasteiger partial charge in [-0.3, -0.25) is 4.79 Å². The topological polar surface area (TPSA) is 56.1 Å². The molecule has 4 nitrogen and oxygen atoms in total. The Kier molecular flexibility index (Phi) is 4.23. The summed E-state index contributed by atoms with van der Waals surface area (Å²) in [5.74, 6) is -0.964. The van der Waals surface area contributed by atoms with Gasteiger partial charge in [0.05, 0.1) is 0 Å². The molecule has 0 saturated carbocycles. The number of benzene rings is 1. The fraction of sp³-hybridized carbons (Fsp3) is 0.444. The average molecular weight is 349 g/mol. The van der Waals surface area contributed by atoms with Crippen LogP contribution in [0.3, 0.4) is 0 Å². The second-order valence-electron chi connectivity index (χ2n) is 6.53. The zero-order chi connectivity index (χ0) is 18.2. The first-order valence-electron chi connectivity index (χ1n) is 8.13. The Labute approximate surface area is 143 Å². The van der Waals surface area contributed by atoms with E-state index in [0.29, 0.717) is 13.1 Å². The molecule has 1 atom stereocenters. The standard InChI is InChI=1S/C18H18F3N3O/c1-12-4-6-13(7-5-12)17(18(19,20)21)10-15(24-8-2-3-9-24)14(11-22)16(25)23-17/h4-7H,2-3,8-10H2,1H3,(H,23,25). The van der Waals surface area contributed by atoms with E-state index in [2.05, 4.69) is 5.32 Å². The number of hydrogen-bond acceptors (Lipinski definition) is 3. The van der Waals surface area contributed by atoms with Crippen LogP contribution in [0.4, 0.5) is 13.2 Å². The van der Waals surface area contributed by atoms with Crippen LogP contribution in [0.5, 0.6) is 0 Å². The lowest BCUT2D eigenvalue weighted by molar-refractivity contribution is -0.204. The molecule has 1 unspecified atom stereocenters. The van der Waals surface area contributed by atoms with E-state index < -0.39 is 24.0 Å². The summed E-state index contributed by atoms with van der Waals surface area (Å²) < 4.78 is 42.3. The first kappa shape index (κ1) is 17.3. The summed E-state index contributed by atoms with van der Waals surface area (Å²) in [7, 11) is 0. The first-order valence-corrected chi connectivity index (χ1v) is 8.13. The molecule has 0 aliphatic carbocycles. The summed E-state index contributed by atoms with van der Waals surface area (Å²) in [6, 6.07) is 7.75. The van der Waals surface area contributed by atoms with Crippen LogP contribution in [0.25, 0.3) is 0 Å². The first-order chi connectivity index (χ1) is 11.8. The maximum absolute atomic E-state index is 14.1. The molecule has 1 saturated heterocycles. The number of amides is 1. The van der Waals surface area contributed by atoms with Crippen LogP contribution in [0, 0.1) is 18.3 Å². The Bertz CT molecular complexity index is 755. The molecule has 2 aliphatic rings. The Morgan fingerprint density at radius 3 is 2.32 bits per heavy atom. The van der Waals surface area contributed by atoms with Crippen LogP contribution in [0.2, 0.25) is 0 Å². The molecule has 7 heteroatoms. The smallest absolute Gasteiger partial charge is 0.374 e. The van der Waals surface area contributed by atoms with E-state index in [4.69, 9.17) is 0 Å². The van der Waals surface area contributed by atoms with Gasteiger partial charge < -0.3 is 10.2 Å². The van der Waals surface area contributed by atoms with E-state index in [1.54, 1.807) is 30.0 Å². The van der Waals surface area contributed by atoms with Gasteiger partial charge in [0, 0.05) is 25.2 Å². The third kappa shape index (κ3) is 2.86. The summed E-state index contributed by atoms with van der Waals surface area (Å²) in [4.78, 5) is 14.1. The summed E-state index contributed by atoms with van der Waals surface area (Å²) >= 11 is 0. The van der Waals surface area contributed by atoms with Gasteiger partial charge >= 0.3 is 6.18 Å². The molecule has 1 N–H and O–H groups in total. The summed E-state index contributed by atoms with van der Waals surface area (Å²) in [5, 5.41) is 11.4. The van der Waals surface area contributed by atoms with Crippen LogP contribution >= 0.6 is 0 Å². The molecule has 0 bridgehead atoms. The Balaban J connectivity index is 2.14. The van der Waals surface area contributed by atoms with Gasteiger partial charge in [-0.15, -0.1) is 0 Å². The monoisotopic (exact) mass is 349 g/mol. The number of halogens is 3. The molecule has 1 aromatic rings. The van der Waals surface area contributed by atoms with E-state index in [0.717, 1.165) is 18.4 Å². The van der Waals surface area contributed by atoms with Gasteiger partial charge in [0.1, 0.15) is 11.6 Å². The SMILES string of the molecule is Cc1ccc(C2(C(F)(F)F)CC(N3CCCC3)=C(C#N)C(=O)N2)cc1. The predicted molar refractivity (Wildman–Crippen MR) is 85.1 cm³/mol. The Morgan fingerprint density at radius 2 is 1.80 bits per heavy atom. The minimum Gasteiger partial charge on any atom is -0.374 e. The minimum absolute atomic E-state index is 0.0207. The van der Waals surface area contributed by atoms with Crippen molar-refractivity contribution in [2.75, 3.05) is 13.1 Å². The fourth-order valence-electron chi connectivity index (χ4n) is 3.49. The second kappa shape index (κ2) is 6.10. The summed E-state index contributed by atoms with van der Waals surface area (Å²) in [6.07, 6.45) is -3.47. The second-order valence-corrected chi connectivity index (χ2v) is 6.53. The van der Waals surface area contributed by atoms with Crippen molar-refractivity contribution in [3.63, 3.8) is 0 Å². The van der Waals surface area contributed by atoms with Gasteiger partial charge in [0.2, 0.25) is 0 Å². The van der Waals surface area contributed by atoms with Gasteiger partial charge in [-0.05, 0) is 25.3 Å². The molecule has 0 spiro atoms. The van der Waals surface area contributed by atoms with Gasteiger partial charge in [-0.1, -0.05) is 29.8 Å². The van der Waals surface area contributed by atoms with E-state index in [-0.39, 0.29) is 16.8 Å². The molecule has 1 amide bonds. The maximum Gasteiger partial charge on any atom is 0.416 e. The van der Waals surface area contributed by atoms with Gasteiger partial charge in [-0.2, -0.15) is 18.4 Å². The highest BCUT2D eigenvalue weighted by Gasteiger charge is 2.60. The number of carbonyl (C=O) groups excluding carboxylic acids is 1. The number of nitrogens with zero attached hydrogens (tertiary/aromatic N) is 2. The third-order valence-electron chi connectivity index (χ3n) is 4.90. The zero-order valence-corrected chi connectivity index (χ0v) is 13.8. The molecule has 132 valence electrons. The summed E-state index contributed by atoms with van der Waals surface area (Å²) in [5.41, 5.74) is -1.73. The number of alkyl halides is 3. The van der Waals surface area contributed by atoms with Gasteiger partial charge in [0.15, 0.2) is 5.54 Å². The lowest BCUT2D eigenvalue weighted by Gasteiger charge is -2.42. The molecule has 2 aliphatic heterocycles. The van der Waals surface area contributed by atoms with Crippen LogP contribution in [0.1, 0.15) is 30.4 Å². The van der Waals surface area contributed by atoms with Crippen molar-refractivity contribution in [2.24, 2.45) is 0 Å². The quantitative estimate of drug-likeness (QED) is 0.892. The van der Waals surface area contributed by atoms with Crippen molar-refractivity contribution >= 4 is 5.91 Å². The fourth-order valence-corrected chi connectivity index (χ4v) is 3.49. The largest absolute Gasteiger partial charge is 0.416 e. The molecule has 1 aromatic carbocycles. The number of nitrogens with one attached hydrogen (secondary N) is 1. The Morgan fingerprint density at radius 1 is 1.20 bits per heavy atom. The van der Waals surface area contributed by atoms with Crippen molar-refractivity contribution in [3.8, 4) is 6.07 Å². The van der Waals surface area contributed by atoms with Crippen molar-refractivity contribution in [1.82, 2.24) is 10.2 Å². The predicted octanol–water partition coefficient (Wildman–Crippen LogP) is 3.15. The zero-order valence-electron chi connectivity index (χ0n) is 13.8. The van der Waals surface area contributed by atoms with Crippen molar-refractivity contribution < 1.29 is 18.0 Å². The minimum atomic E-state index is -4.69. The molecular weight excluding hydrogens is 331 g/mol. The van der Waals surface area contributed by atoms with Crippen LogP contribution < -0.4 is 5.32 Å². The molecule has 25 heavy (non-hydrogen) atoms. The van der Waals surface area contributed by atoms with E-state index >= 15 is 0 Å². The number of rotatable bonds is 2.